The lowest BCUT2D eigenvalue weighted by molar-refractivity contribution is 0.102. The number of halogens is 2. The summed E-state index contributed by atoms with van der Waals surface area (Å²) in [5.41, 5.74) is 0.695. The number of carbonyl (C=O) groups is 1. The molecule has 0 bridgehead atoms. The molecule has 2 aromatic carbocycles. The number of hydrogen-bond acceptors (Lipinski definition) is 5. The van der Waals surface area contributed by atoms with Crippen LogP contribution in [0.2, 0.25) is 5.02 Å². The second-order valence-corrected chi connectivity index (χ2v) is 8.25. The van der Waals surface area contributed by atoms with E-state index in [4.69, 9.17) is 11.6 Å². The molecular weight excluding hydrogens is 433 g/mol. The highest BCUT2D eigenvalue weighted by Gasteiger charge is 2.18. The smallest absolute Gasteiger partial charge is 0.261 e. The van der Waals surface area contributed by atoms with E-state index in [0.29, 0.717) is 5.65 Å². The molecule has 0 saturated heterocycles. The van der Waals surface area contributed by atoms with Crippen LogP contribution in [0.25, 0.3) is 5.65 Å². The molecule has 2 N–H and O–H groups in total. The zero-order valence-corrected chi connectivity index (χ0v) is 16.7. The first kappa shape index (κ1) is 19.8. The van der Waals surface area contributed by atoms with E-state index in [9.17, 15) is 17.6 Å². The Kier molecular flexibility index (Phi) is 5.10. The van der Waals surface area contributed by atoms with Crippen LogP contribution < -0.4 is 10.0 Å². The highest BCUT2D eigenvalue weighted by Crippen LogP contribution is 2.26. The highest BCUT2D eigenvalue weighted by atomic mass is 35.5. The van der Waals surface area contributed by atoms with E-state index in [-0.39, 0.29) is 27.1 Å². The number of rotatable bonds is 5. The van der Waals surface area contributed by atoms with Crippen molar-refractivity contribution in [3.8, 4) is 0 Å². The minimum absolute atomic E-state index is 0.000238. The normalized spacial score (nSPS) is 11.4. The van der Waals surface area contributed by atoms with Crippen LogP contribution in [-0.4, -0.2) is 28.9 Å². The molecule has 0 aliphatic rings. The SMILES string of the molecule is O=C(Nc1nnc2ccccn12)c1ccc(Cl)c(NS(=O)(=O)c2ccc(F)cc2)c1. The summed E-state index contributed by atoms with van der Waals surface area (Å²) in [6, 6.07) is 13.7. The Bertz CT molecular complexity index is 1360. The van der Waals surface area contributed by atoms with Crippen LogP contribution in [0.1, 0.15) is 10.4 Å². The molecule has 0 spiro atoms. The fraction of sp³-hybridized carbons (Fsp3) is 0. The quantitative estimate of drug-likeness (QED) is 0.488. The van der Waals surface area contributed by atoms with Crippen LogP contribution >= 0.6 is 11.6 Å². The van der Waals surface area contributed by atoms with Crippen LogP contribution in [0.5, 0.6) is 0 Å². The van der Waals surface area contributed by atoms with Crippen LogP contribution in [0.3, 0.4) is 0 Å². The number of pyridine rings is 1. The number of aromatic nitrogens is 3. The van der Waals surface area contributed by atoms with E-state index in [1.54, 1.807) is 28.8 Å². The minimum atomic E-state index is -4.03. The summed E-state index contributed by atoms with van der Waals surface area (Å²) in [5.74, 6) is -0.891. The number of amides is 1. The molecule has 0 unspecified atom stereocenters. The van der Waals surface area contributed by atoms with Crippen molar-refractivity contribution in [3.63, 3.8) is 0 Å². The molecule has 8 nitrogen and oxygen atoms in total. The van der Waals surface area contributed by atoms with Crippen molar-refractivity contribution < 1.29 is 17.6 Å². The fourth-order valence-corrected chi connectivity index (χ4v) is 3.95. The molecule has 0 fully saturated rings. The van der Waals surface area contributed by atoms with Gasteiger partial charge in [-0.1, -0.05) is 17.7 Å². The van der Waals surface area contributed by atoms with Crippen molar-refractivity contribution in [2.75, 3.05) is 10.0 Å². The highest BCUT2D eigenvalue weighted by molar-refractivity contribution is 7.92. The Labute approximate surface area is 175 Å². The molecule has 4 aromatic rings. The number of fused-ring (bicyclic) bond motifs is 1. The zero-order chi connectivity index (χ0) is 21.3. The van der Waals surface area contributed by atoms with E-state index in [1.165, 1.54) is 18.2 Å². The number of benzene rings is 2. The lowest BCUT2D eigenvalue weighted by Crippen LogP contribution is -2.16. The largest absolute Gasteiger partial charge is 0.290 e. The molecule has 0 radical (unpaired) electrons. The van der Waals surface area contributed by atoms with Gasteiger partial charge in [-0.05, 0) is 54.6 Å². The predicted molar refractivity (Wildman–Crippen MR) is 110 cm³/mol. The maximum Gasteiger partial charge on any atom is 0.261 e. The van der Waals surface area contributed by atoms with E-state index in [2.05, 4.69) is 20.2 Å². The van der Waals surface area contributed by atoms with Crippen molar-refractivity contribution in [3.05, 3.63) is 83.3 Å². The molecule has 152 valence electrons. The Hall–Kier alpha value is -3.50. The second kappa shape index (κ2) is 7.73. The molecule has 0 saturated carbocycles. The lowest BCUT2D eigenvalue weighted by Gasteiger charge is -2.11. The van der Waals surface area contributed by atoms with Gasteiger partial charge in [0.25, 0.3) is 15.9 Å². The Morgan fingerprint density at radius 2 is 1.80 bits per heavy atom. The molecule has 2 aromatic heterocycles. The third kappa shape index (κ3) is 3.95. The van der Waals surface area contributed by atoms with Gasteiger partial charge < -0.3 is 0 Å². The minimum Gasteiger partial charge on any atom is -0.290 e. The summed E-state index contributed by atoms with van der Waals surface area (Å²) in [5, 5.41) is 10.6. The van der Waals surface area contributed by atoms with Crippen molar-refractivity contribution in [2.45, 2.75) is 4.90 Å². The van der Waals surface area contributed by atoms with Crippen molar-refractivity contribution in [1.82, 2.24) is 14.6 Å². The van der Waals surface area contributed by atoms with Crippen LogP contribution in [0, 0.1) is 5.82 Å². The van der Waals surface area contributed by atoms with E-state index in [1.807, 2.05) is 0 Å². The first-order valence-electron chi connectivity index (χ1n) is 8.52. The average molecular weight is 446 g/mol. The molecule has 30 heavy (non-hydrogen) atoms. The van der Waals surface area contributed by atoms with Crippen molar-refractivity contribution in [2.24, 2.45) is 0 Å². The third-order valence-electron chi connectivity index (χ3n) is 4.14. The van der Waals surface area contributed by atoms with Gasteiger partial charge in [0.05, 0.1) is 15.6 Å². The molecule has 0 aliphatic carbocycles. The Balaban J connectivity index is 1.59. The van der Waals surface area contributed by atoms with Gasteiger partial charge in [-0.3, -0.25) is 19.2 Å². The molecule has 4 rings (SSSR count). The number of anilines is 2. The Morgan fingerprint density at radius 1 is 1.03 bits per heavy atom. The maximum absolute atomic E-state index is 13.1. The number of nitrogens with one attached hydrogen (secondary N) is 2. The average Bonchev–Trinajstić information content (AvgIpc) is 3.13. The molecule has 1 amide bonds. The maximum atomic E-state index is 13.1. The van der Waals surface area contributed by atoms with Gasteiger partial charge >= 0.3 is 0 Å². The van der Waals surface area contributed by atoms with Gasteiger partial charge in [0, 0.05) is 11.8 Å². The van der Waals surface area contributed by atoms with Crippen LogP contribution in [0.15, 0.2) is 71.8 Å². The number of hydrogen-bond donors (Lipinski definition) is 2. The first-order valence-corrected chi connectivity index (χ1v) is 10.4. The molecule has 11 heteroatoms. The summed E-state index contributed by atoms with van der Waals surface area (Å²) >= 11 is 6.10. The van der Waals surface area contributed by atoms with Crippen molar-refractivity contribution >= 4 is 44.8 Å². The summed E-state index contributed by atoms with van der Waals surface area (Å²) < 4.78 is 42.0. The van der Waals surface area contributed by atoms with Gasteiger partial charge in [-0.15, -0.1) is 10.2 Å². The van der Waals surface area contributed by atoms with Gasteiger partial charge in [0.2, 0.25) is 5.95 Å². The number of nitrogens with zero attached hydrogens (tertiary/aromatic N) is 3. The summed E-state index contributed by atoms with van der Waals surface area (Å²) in [7, 11) is -4.03. The third-order valence-corrected chi connectivity index (χ3v) is 5.85. The van der Waals surface area contributed by atoms with E-state index >= 15 is 0 Å². The number of sulfonamides is 1. The zero-order valence-electron chi connectivity index (χ0n) is 15.1. The topological polar surface area (TPSA) is 105 Å². The van der Waals surface area contributed by atoms with E-state index < -0.39 is 21.7 Å². The molecule has 2 heterocycles. The van der Waals surface area contributed by atoms with E-state index in [0.717, 1.165) is 24.3 Å². The lowest BCUT2D eigenvalue weighted by atomic mass is 10.2. The standard InChI is InChI=1S/C19H13ClFN5O3S/c20-15-9-4-12(18(27)22-19-24-23-17-3-1-2-10-26(17)19)11-16(15)25-30(28,29)14-7-5-13(21)6-8-14/h1-11,25H,(H,22,24,27). The van der Waals surface area contributed by atoms with Crippen LogP contribution in [-0.2, 0) is 10.0 Å². The molecular formula is C19H13ClFN5O3S. The fourth-order valence-electron chi connectivity index (χ4n) is 2.66. The predicted octanol–water partition coefficient (Wildman–Crippen LogP) is 3.57. The summed E-state index contributed by atoms with van der Waals surface area (Å²) in [4.78, 5) is 12.5. The Morgan fingerprint density at radius 3 is 2.57 bits per heavy atom. The van der Waals surface area contributed by atoms with Gasteiger partial charge in [-0.25, -0.2) is 12.8 Å². The van der Waals surface area contributed by atoms with Gasteiger partial charge in [0.15, 0.2) is 5.65 Å². The second-order valence-electron chi connectivity index (χ2n) is 6.16. The molecule has 0 aliphatic heterocycles. The van der Waals surface area contributed by atoms with Crippen LogP contribution in [0.4, 0.5) is 16.0 Å². The van der Waals surface area contributed by atoms with Gasteiger partial charge in [-0.2, -0.15) is 0 Å². The summed E-state index contributed by atoms with van der Waals surface area (Å²) in [6.45, 7) is 0. The number of carbonyl (C=O) groups excluding carboxylic acids is 1. The monoisotopic (exact) mass is 445 g/mol. The summed E-state index contributed by atoms with van der Waals surface area (Å²) in [6.07, 6.45) is 1.69. The molecule has 0 atom stereocenters. The van der Waals surface area contributed by atoms with Crippen molar-refractivity contribution in [1.29, 1.82) is 0 Å². The first-order chi connectivity index (χ1) is 14.3. The van der Waals surface area contributed by atoms with Gasteiger partial charge in [0.1, 0.15) is 5.82 Å².